The third-order valence-electron chi connectivity index (χ3n) is 13.7. The average Bonchev–Trinajstić information content (AvgIpc) is 1.33. The van der Waals surface area contributed by atoms with Crippen molar-refractivity contribution in [1.82, 2.24) is 29.7 Å². The maximum Gasteiger partial charge on any atom is 0.343 e. The molecule has 90 heavy (non-hydrogen) atoms. The molecular formula is C66H76N6O14P4. The van der Waals surface area contributed by atoms with Crippen LogP contribution in [0.5, 0.6) is 17.2 Å². The van der Waals surface area contributed by atoms with E-state index in [0.717, 1.165) is 22.3 Å². The molecule has 6 aromatic rings. The Morgan fingerprint density at radius 1 is 0.422 bits per heavy atom. The lowest BCUT2D eigenvalue weighted by Gasteiger charge is -2.26. The highest BCUT2D eigenvalue weighted by Crippen LogP contribution is 2.47. The van der Waals surface area contributed by atoms with Crippen LogP contribution in [0.25, 0.3) is 0 Å². The molecule has 3 aromatic carbocycles. The molecule has 0 aliphatic carbocycles. The SMILES string of the molecule is CCOP(C)(=O)c1cc(C#Cc2ccc(OCC(=O)OC)cc2)cc(CN2CCN(Cc3cc(C#Cc4ccc(OCC(=O)OC)cc4)cc(P(C)(=O)OCC)n3)CCN(Cc3cc(C#Cc4ccc(OCC(=O)OC)cc4)cc(P(C)(=P)OCC)n3)CC2)n1. The van der Waals surface area contributed by atoms with E-state index in [1.54, 1.807) is 100.0 Å². The number of carbonyl (C=O) groups excluding carboxylic acids is 3. The Kier molecular flexibility index (Phi) is 26.5. The maximum absolute atomic E-state index is 14.2. The summed E-state index contributed by atoms with van der Waals surface area (Å²) in [5.74, 6) is 19.6. The Morgan fingerprint density at radius 2 is 0.689 bits per heavy atom. The molecule has 3 atom stereocenters. The number of carbonyl (C=O) groups is 3. The van der Waals surface area contributed by atoms with Crippen molar-refractivity contribution >= 4 is 64.3 Å². The zero-order valence-electron chi connectivity index (χ0n) is 52.2. The first kappa shape index (κ1) is 70.0. The summed E-state index contributed by atoms with van der Waals surface area (Å²) in [6.07, 6.45) is 0. The minimum absolute atomic E-state index is 0.208. The highest BCUT2D eigenvalue weighted by atomic mass is 31.8. The first-order valence-electron chi connectivity index (χ1n) is 29.1. The van der Waals surface area contributed by atoms with E-state index in [1.807, 2.05) is 50.0 Å². The van der Waals surface area contributed by atoms with Gasteiger partial charge in [-0.2, -0.15) is 0 Å². The first-order chi connectivity index (χ1) is 43.2. The highest BCUT2D eigenvalue weighted by Gasteiger charge is 2.26. The van der Waals surface area contributed by atoms with Crippen molar-refractivity contribution in [3.63, 3.8) is 0 Å². The van der Waals surface area contributed by atoms with Gasteiger partial charge in [0.25, 0.3) is 0 Å². The van der Waals surface area contributed by atoms with Crippen LogP contribution in [0.15, 0.2) is 109 Å². The molecule has 3 aromatic heterocycles. The summed E-state index contributed by atoms with van der Waals surface area (Å²) < 4.78 is 77.0. The van der Waals surface area contributed by atoms with Crippen LogP contribution >= 0.6 is 30.0 Å². The van der Waals surface area contributed by atoms with Gasteiger partial charge in [-0.3, -0.25) is 23.8 Å². The van der Waals surface area contributed by atoms with Crippen LogP contribution in [-0.4, -0.2) is 168 Å². The van der Waals surface area contributed by atoms with Gasteiger partial charge in [-0.05, 0) is 137 Å². The van der Waals surface area contributed by atoms with E-state index >= 15 is 0 Å². The van der Waals surface area contributed by atoms with E-state index in [2.05, 4.69) is 58.7 Å². The molecule has 474 valence electrons. The lowest BCUT2D eigenvalue weighted by Crippen LogP contribution is -2.36. The van der Waals surface area contributed by atoms with Crippen molar-refractivity contribution in [2.45, 2.75) is 40.4 Å². The van der Waals surface area contributed by atoms with E-state index in [9.17, 15) is 23.5 Å². The average molecular weight is 1300 g/mol. The Bertz CT molecular complexity index is 3410. The van der Waals surface area contributed by atoms with E-state index in [4.69, 9.17) is 56.9 Å². The van der Waals surface area contributed by atoms with E-state index in [1.165, 1.54) is 21.3 Å². The molecule has 24 heteroatoms. The molecule has 0 saturated carbocycles. The largest absolute Gasteiger partial charge is 0.482 e. The van der Waals surface area contributed by atoms with Gasteiger partial charge >= 0.3 is 17.9 Å². The molecule has 4 heterocycles. The standard InChI is InChI=1S/C66H76N6O14P4/c1-10-84-88(7,76)61-40-52(16-13-49-19-25-58(26-20-49)81-46-64(73)78-4)37-55(67-61)43-70-31-32-71(44-56-38-53(41-62(68-56)89(8,77)85-11-2)17-14-50-21-27-59(28-22-50)82-47-65(74)79-5)34-36-72(35-33-70)45-57-39-54(42-63(69-57)90(9,87)86-12-3)18-15-51-23-29-60(30-24-51)83-48-66(75)80-6/h19-30,37-42,87H,10-12,31-36,43-48H2,1-9H3. The number of aromatic nitrogens is 3. The van der Waals surface area contributed by atoms with Crippen LogP contribution in [0, 0.1) is 35.5 Å². The third kappa shape index (κ3) is 22.2. The normalized spacial score (nSPS) is 14.9. The molecule has 1 saturated heterocycles. The third-order valence-corrected chi connectivity index (χ3v) is 20.3. The van der Waals surface area contributed by atoms with Gasteiger partial charge < -0.3 is 42.0 Å². The van der Waals surface area contributed by atoms with E-state index in [-0.39, 0.29) is 33.0 Å². The molecule has 0 bridgehead atoms. The van der Waals surface area contributed by atoms with Crippen LogP contribution in [0.1, 0.15) is 71.2 Å². The van der Waals surface area contributed by atoms with Crippen molar-refractivity contribution in [1.29, 1.82) is 0 Å². The van der Waals surface area contributed by atoms with Gasteiger partial charge in [-0.1, -0.05) is 44.0 Å². The quantitative estimate of drug-likeness (QED) is 0.0243. The topological polar surface area (TPSA) is 217 Å². The fourth-order valence-corrected chi connectivity index (χ4v) is 13.7. The van der Waals surface area contributed by atoms with Crippen molar-refractivity contribution in [3.8, 4) is 52.8 Å². The second kappa shape index (κ2) is 34.1. The van der Waals surface area contributed by atoms with Gasteiger partial charge in [-0.25, -0.2) is 29.3 Å². The van der Waals surface area contributed by atoms with Crippen molar-refractivity contribution < 1.29 is 65.5 Å². The maximum atomic E-state index is 14.2. The zero-order valence-corrected chi connectivity index (χ0v) is 55.9. The molecule has 1 fully saturated rings. The van der Waals surface area contributed by atoms with E-state index < -0.39 is 39.4 Å². The van der Waals surface area contributed by atoms with Crippen molar-refractivity contribution in [2.75, 3.05) is 120 Å². The number of benzene rings is 3. The first-order valence-corrected chi connectivity index (χ1v) is 36.7. The molecule has 0 amide bonds. The molecule has 0 radical (unpaired) electrons. The Balaban J connectivity index is 1.24. The predicted molar refractivity (Wildman–Crippen MR) is 350 cm³/mol. The van der Waals surface area contributed by atoms with E-state index in [0.29, 0.717) is 127 Å². The second-order valence-electron chi connectivity index (χ2n) is 20.7. The summed E-state index contributed by atoms with van der Waals surface area (Å²) in [4.78, 5) is 57.2. The number of esters is 3. The summed E-state index contributed by atoms with van der Waals surface area (Å²) in [5.41, 5.74) is 7.50. The number of methoxy groups -OCH3 is 3. The summed E-state index contributed by atoms with van der Waals surface area (Å²) >= 11 is 0. The van der Waals surface area contributed by atoms with Gasteiger partial charge in [0.15, 0.2) is 19.8 Å². The van der Waals surface area contributed by atoms with Crippen LogP contribution in [0.4, 0.5) is 0 Å². The summed E-state index contributed by atoms with van der Waals surface area (Å²) in [6, 6.07) is 32.4. The number of hydrogen-bond acceptors (Lipinski definition) is 20. The lowest BCUT2D eigenvalue weighted by atomic mass is 10.1. The van der Waals surface area contributed by atoms with Gasteiger partial charge in [-0.15, -0.1) is 0 Å². The van der Waals surface area contributed by atoms with Gasteiger partial charge in [0.05, 0.1) is 63.8 Å². The second-order valence-corrected chi connectivity index (χ2v) is 30.7. The molecule has 0 N–H and O–H groups in total. The highest BCUT2D eigenvalue weighted by molar-refractivity contribution is 8.00. The number of ether oxygens (including phenoxy) is 6. The molecule has 3 unspecified atom stereocenters. The molecule has 1 aliphatic heterocycles. The van der Waals surface area contributed by atoms with Crippen molar-refractivity contribution in [2.24, 2.45) is 0 Å². The van der Waals surface area contributed by atoms with Gasteiger partial charge in [0.2, 0.25) is 14.7 Å². The Labute approximate surface area is 530 Å². The van der Waals surface area contributed by atoms with Crippen LogP contribution in [0.2, 0.25) is 0 Å². The molecule has 0 spiro atoms. The molecule has 7 rings (SSSR count). The molecule has 1 aliphatic rings. The number of pyridine rings is 3. The number of nitrogens with zero attached hydrogens (tertiary/aromatic N) is 6. The minimum atomic E-state index is -3.38. The smallest absolute Gasteiger partial charge is 0.343 e. The zero-order chi connectivity index (χ0) is 64.7. The Hall–Kier alpha value is -7.45. The lowest BCUT2D eigenvalue weighted by molar-refractivity contribution is -0.143. The van der Waals surface area contributed by atoms with Crippen LogP contribution in [-0.2, 0) is 70.9 Å². The van der Waals surface area contributed by atoms with Crippen LogP contribution < -0.4 is 30.5 Å². The number of hydrogen-bond donors (Lipinski definition) is 0. The molecular weight excluding hydrogens is 1220 g/mol. The Morgan fingerprint density at radius 3 is 0.967 bits per heavy atom. The summed E-state index contributed by atoms with van der Waals surface area (Å²) in [7, 11) is 1.11. The fourth-order valence-electron chi connectivity index (χ4n) is 9.04. The van der Waals surface area contributed by atoms with Crippen LogP contribution in [0.3, 0.4) is 0 Å². The molecule has 20 nitrogen and oxygen atoms in total. The monoisotopic (exact) mass is 1300 g/mol. The minimum Gasteiger partial charge on any atom is -0.482 e. The van der Waals surface area contributed by atoms with Gasteiger partial charge in [0.1, 0.15) is 28.1 Å². The van der Waals surface area contributed by atoms with Gasteiger partial charge in [0, 0.05) is 112 Å². The number of rotatable bonds is 24. The fraction of sp³-hybridized carbons (Fsp3) is 0.364. The summed E-state index contributed by atoms with van der Waals surface area (Å²) in [5, 5.41) is 0. The van der Waals surface area contributed by atoms with Crippen molar-refractivity contribution in [3.05, 3.63) is 160 Å². The predicted octanol–water partition coefficient (Wildman–Crippen LogP) is 7.97. The summed E-state index contributed by atoms with van der Waals surface area (Å²) in [6.45, 7) is 13.4.